The van der Waals surface area contributed by atoms with Crippen LogP contribution in [0.15, 0.2) is 18.2 Å². The number of benzene rings is 1. The minimum atomic E-state index is -0.808. The summed E-state index contributed by atoms with van der Waals surface area (Å²) in [7, 11) is 1.41. The van der Waals surface area contributed by atoms with Crippen molar-refractivity contribution < 1.29 is 19.0 Å². The van der Waals surface area contributed by atoms with Gasteiger partial charge in [-0.15, -0.1) is 0 Å². The molecule has 1 N–H and O–H groups in total. The zero-order valence-corrected chi connectivity index (χ0v) is 12.4. The fourth-order valence-electron chi connectivity index (χ4n) is 2.45. The molecule has 0 heterocycles. The van der Waals surface area contributed by atoms with E-state index in [1.165, 1.54) is 13.2 Å². The van der Waals surface area contributed by atoms with Crippen molar-refractivity contribution in [3.63, 3.8) is 0 Å². The normalized spacial score (nSPS) is 13.8. The molecule has 0 bridgehead atoms. The summed E-state index contributed by atoms with van der Waals surface area (Å²) >= 11 is 0. The summed E-state index contributed by atoms with van der Waals surface area (Å²) in [6, 6.07) is 4.66. The molecule has 112 valence electrons. The van der Waals surface area contributed by atoms with Crippen molar-refractivity contribution in [3.8, 4) is 5.75 Å². The number of carboxylic acids is 1. The van der Waals surface area contributed by atoms with Crippen molar-refractivity contribution in [2.45, 2.75) is 46.0 Å². The molecule has 0 aliphatic carbocycles. The van der Waals surface area contributed by atoms with Crippen LogP contribution in [0.3, 0.4) is 0 Å². The predicted molar refractivity (Wildman–Crippen MR) is 76.5 cm³/mol. The Kier molecular flexibility index (Phi) is 5.99. The van der Waals surface area contributed by atoms with E-state index in [0.29, 0.717) is 24.8 Å². The number of hydrogen-bond acceptors (Lipinski definition) is 2. The highest BCUT2D eigenvalue weighted by atomic mass is 19.1. The Morgan fingerprint density at radius 3 is 2.55 bits per heavy atom. The molecule has 0 aromatic heterocycles. The third-order valence-electron chi connectivity index (χ3n) is 3.90. The van der Waals surface area contributed by atoms with Gasteiger partial charge in [0.1, 0.15) is 0 Å². The third-order valence-corrected chi connectivity index (χ3v) is 3.90. The van der Waals surface area contributed by atoms with E-state index in [-0.39, 0.29) is 5.75 Å². The molecule has 1 aromatic carbocycles. The predicted octanol–water partition coefficient (Wildman–Crippen LogP) is 4.05. The molecular formula is C16H23FO3. The molecule has 0 fully saturated rings. The van der Waals surface area contributed by atoms with Crippen LogP contribution in [0.1, 0.15) is 45.1 Å². The van der Waals surface area contributed by atoms with E-state index in [0.717, 1.165) is 12.8 Å². The van der Waals surface area contributed by atoms with Crippen molar-refractivity contribution in [2.75, 3.05) is 7.11 Å². The summed E-state index contributed by atoms with van der Waals surface area (Å²) in [6.07, 6.45) is 3.31. The largest absolute Gasteiger partial charge is 0.494 e. The highest BCUT2D eigenvalue weighted by Crippen LogP contribution is 2.34. The number of methoxy groups -OCH3 is 1. The molecule has 0 spiro atoms. The lowest BCUT2D eigenvalue weighted by Gasteiger charge is -2.28. The van der Waals surface area contributed by atoms with Gasteiger partial charge < -0.3 is 9.84 Å². The molecule has 1 aromatic rings. The molecule has 0 amide bonds. The SMILES string of the molecule is CCCCC(CC)(Cc1ccc(OC)c(F)c1)C(=O)O. The van der Waals surface area contributed by atoms with Crippen LogP contribution in [0.2, 0.25) is 0 Å². The summed E-state index contributed by atoms with van der Waals surface area (Å²) in [6.45, 7) is 3.92. The van der Waals surface area contributed by atoms with Crippen LogP contribution < -0.4 is 4.74 Å². The van der Waals surface area contributed by atoms with Gasteiger partial charge in [-0.3, -0.25) is 4.79 Å². The number of ether oxygens (including phenoxy) is 1. The number of unbranched alkanes of at least 4 members (excludes halogenated alkanes) is 1. The molecule has 1 atom stereocenters. The van der Waals surface area contributed by atoms with Gasteiger partial charge in [0.05, 0.1) is 12.5 Å². The molecule has 4 heteroatoms. The van der Waals surface area contributed by atoms with Gasteiger partial charge in [0.25, 0.3) is 0 Å². The van der Waals surface area contributed by atoms with E-state index >= 15 is 0 Å². The van der Waals surface area contributed by atoms with E-state index in [4.69, 9.17) is 4.74 Å². The lowest BCUT2D eigenvalue weighted by molar-refractivity contribution is -0.149. The lowest BCUT2D eigenvalue weighted by Crippen LogP contribution is -2.32. The molecule has 3 nitrogen and oxygen atoms in total. The minimum absolute atomic E-state index is 0.180. The average Bonchev–Trinajstić information content (AvgIpc) is 2.43. The first kappa shape index (κ1) is 16.5. The second-order valence-electron chi connectivity index (χ2n) is 5.19. The second-order valence-corrected chi connectivity index (χ2v) is 5.19. The summed E-state index contributed by atoms with van der Waals surface area (Å²) in [4.78, 5) is 11.7. The van der Waals surface area contributed by atoms with Crippen molar-refractivity contribution in [1.82, 2.24) is 0 Å². The maximum Gasteiger partial charge on any atom is 0.309 e. The van der Waals surface area contributed by atoms with Gasteiger partial charge in [-0.25, -0.2) is 4.39 Å². The van der Waals surface area contributed by atoms with Gasteiger partial charge in [-0.1, -0.05) is 32.8 Å². The monoisotopic (exact) mass is 282 g/mol. The molecule has 20 heavy (non-hydrogen) atoms. The van der Waals surface area contributed by atoms with Crippen LogP contribution in [0.25, 0.3) is 0 Å². The molecule has 0 saturated heterocycles. The number of rotatable bonds is 8. The van der Waals surface area contributed by atoms with Crippen LogP contribution in [-0.2, 0) is 11.2 Å². The Balaban J connectivity index is 3.00. The molecule has 0 saturated carbocycles. The van der Waals surface area contributed by atoms with Crippen molar-refractivity contribution in [1.29, 1.82) is 0 Å². The molecule has 0 aliphatic rings. The number of aliphatic carboxylic acids is 1. The van der Waals surface area contributed by atoms with Crippen molar-refractivity contribution in [3.05, 3.63) is 29.6 Å². The first-order chi connectivity index (χ1) is 9.49. The quantitative estimate of drug-likeness (QED) is 0.782. The first-order valence-corrected chi connectivity index (χ1v) is 7.05. The van der Waals surface area contributed by atoms with Gasteiger partial charge in [-0.05, 0) is 37.0 Å². The lowest BCUT2D eigenvalue weighted by atomic mass is 9.75. The maximum absolute atomic E-state index is 13.7. The summed E-state index contributed by atoms with van der Waals surface area (Å²) in [5.74, 6) is -1.07. The van der Waals surface area contributed by atoms with Crippen LogP contribution >= 0.6 is 0 Å². The topological polar surface area (TPSA) is 46.5 Å². The molecule has 0 aliphatic heterocycles. The summed E-state index contributed by atoms with van der Waals surface area (Å²) in [5, 5.41) is 9.56. The molecular weight excluding hydrogens is 259 g/mol. The average molecular weight is 282 g/mol. The van der Waals surface area contributed by atoms with Crippen LogP contribution in [0.5, 0.6) is 5.75 Å². The van der Waals surface area contributed by atoms with Crippen molar-refractivity contribution in [2.24, 2.45) is 5.41 Å². The number of carbonyl (C=O) groups is 1. The van der Waals surface area contributed by atoms with E-state index < -0.39 is 17.2 Å². The van der Waals surface area contributed by atoms with Gasteiger partial charge >= 0.3 is 5.97 Å². The van der Waals surface area contributed by atoms with E-state index in [1.54, 1.807) is 12.1 Å². The van der Waals surface area contributed by atoms with Crippen molar-refractivity contribution >= 4 is 5.97 Å². The third kappa shape index (κ3) is 3.71. The van der Waals surface area contributed by atoms with Crippen LogP contribution in [0.4, 0.5) is 4.39 Å². The minimum Gasteiger partial charge on any atom is -0.494 e. The number of hydrogen-bond donors (Lipinski definition) is 1. The summed E-state index contributed by atoms with van der Waals surface area (Å²) < 4.78 is 18.6. The Labute approximate surface area is 119 Å². The fourth-order valence-corrected chi connectivity index (χ4v) is 2.45. The zero-order valence-electron chi connectivity index (χ0n) is 12.4. The highest BCUT2D eigenvalue weighted by Gasteiger charge is 2.36. The number of carboxylic acid groups (broad SMARTS) is 1. The fraction of sp³-hybridized carbons (Fsp3) is 0.562. The van der Waals surface area contributed by atoms with Gasteiger partial charge in [0.2, 0.25) is 0 Å². The number of halogens is 1. The zero-order chi connectivity index (χ0) is 15.2. The Bertz CT molecular complexity index is 459. The first-order valence-electron chi connectivity index (χ1n) is 7.05. The second kappa shape index (κ2) is 7.27. The smallest absolute Gasteiger partial charge is 0.309 e. The Morgan fingerprint density at radius 1 is 1.40 bits per heavy atom. The standard InChI is InChI=1S/C16H23FO3/c1-4-6-9-16(5-2,15(18)19)11-12-7-8-14(20-3)13(17)10-12/h7-8,10H,4-6,9,11H2,1-3H3,(H,18,19). The molecule has 1 unspecified atom stereocenters. The highest BCUT2D eigenvalue weighted by molar-refractivity contribution is 5.75. The van der Waals surface area contributed by atoms with Gasteiger partial charge in [0.15, 0.2) is 11.6 Å². The summed E-state index contributed by atoms with van der Waals surface area (Å²) in [5.41, 5.74) is -0.111. The maximum atomic E-state index is 13.7. The Hall–Kier alpha value is -1.58. The van der Waals surface area contributed by atoms with Gasteiger partial charge in [-0.2, -0.15) is 0 Å². The van der Waals surface area contributed by atoms with E-state index in [9.17, 15) is 14.3 Å². The van der Waals surface area contributed by atoms with Crippen LogP contribution in [-0.4, -0.2) is 18.2 Å². The Morgan fingerprint density at radius 2 is 2.10 bits per heavy atom. The molecule has 0 radical (unpaired) electrons. The van der Waals surface area contributed by atoms with E-state index in [1.807, 2.05) is 13.8 Å². The molecule has 1 rings (SSSR count). The van der Waals surface area contributed by atoms with Crippen LogP contribution in [0, 0.1) is 11.2 Å². The van der Waals surface area contributed by atoms with E-state index in [2.05, 4.69) is 0 Å². The van der Waals surface area contributed by atoms with Gasteiger partial charge in [0, 0.05) is 0 Å².